The van der Waals surface area contributed by atoms with E-state index in [1.165, 1.54) is 0 Å². The van der Waals surface area contributed by atoms with Crippen LogP contribution < -0.4 is 10.5 Å². The summed E-state index contributed by atoms with van der Waals surface area (Å²) in [5, 5.41) is 0. The number of rotatable bonds is 6. The van der Waals surface area contributed by atoms with Gasteiger partial charge in [-0.2, -0.15) is 0 Å². The van der Waals surface area contributed by atoms with Gasteiger partial charge in [0.05, 0.1) is 5.75 Å². The van der Waals surface area contributed by atoms with Crippen LogP contribution in [0.2, 0.25) is 0 Å². The third-order valence-corrected chi connectivity index (χ3v) is 3.15. The highest BCUT2D eigenvalue weighted by atomic mass is 32.2. The van der Waals surface area contributed by atoms with Gasteiger partial charge in [0, 0.05) is 12.6 Å². The maximum Gasteiger partial charge on any atom is 0.211 e. The second-order valence-corrected chi connectivity index (χ2v) is 4.85. The minimum Gasteiger partial charge on any atom is -0.328 e. The van der Waals surface area contributed by atoms with E-state index in [2.05, 4.69) is 4.72 Å². The van der Waals surface area contributed by atoms with Crippen LogP contribution in [0.5, 0.6) is 0 Å². The van der Waals surface area contributed by atoms with E-state index in [1.807, 2.05) is 6.92 Å². The fourth-order valence-electron chi connectivity index (χ4n) is 0.706. The molecule has 0 aromatic heterocycles. The van der Waals surface area contributed by atoms with Crippen LogP contribution in [0.4, 0.5) is 0 Å². The van der Waals surface area contributed by atoms with Crippen LogP contribution in [-0.4, -0.2) is 26.8 Å². The first kappa shape index (κ1) is 11.9. The molecular weight excluding hydrogens is 176 g/mol. The van der Waals surface area contributed by atoms with E-state index < -0.39 is 10.0 Å². The Morgan fingerprint density at radius 1 is 1.42 bits per heavy atom. The summed E-state index contributed by atoms with van der Waals surface area (Å²) in [4.78, 5) is 0. The van der Waals surface area contributed by atoms with Crippen LogP contribution in [0.3, 0.4) is 0 Å². The summed E-state index contributed by atoms with van der Waals surface area (Å²) in [7, 11) is -3.03. The summed E-state index contributed by atoms with van der Waals surface area (Å²) in [6.45, 7) is 4.05. The molecule has 0 heterocycles. The molecule has 3 N–H and O–H groups in total. The Hall–Kier alpha value is -0.130. The zero-order valence-corrected chi connectivity index (χ0v) is 8.52. The first-order valence-electron chi connectivity index (χ1n) is 4.24. The maximum absolute atomic E-state index is 10.9. The fourth-order valence-corrected chi connectivity index (χ4v) is 1.34. The Bertz CT molecular complexity index is 201. The van der Waals surface area contributed by atoms with E-state index in [4.69, 9.17) is 5.73 Å². The van der Waals surface area contributed by atoms with E-state index in [0.29, 0.717) is 13.0 Å². The molecule has 0 aliphatic rings. The Morgan fingerprint density at radius 2 is 2.00 bits per heavy atom. The monoisotopic (exact) mass is 194 g/mol. The number of sulfonamides is 1. The lowest BCUT2D eigenvalue weighted by Gasteiger charge is -2.08. The van der Waals surface area contributed by atoms with Gasteiger partial charge >= 0.3 is 0 Å². The highest BCUT2D eigenvalue weighted by Crippen LogP contribution is 1.92. The average Bonchev–Trinajstić information content (AvgIpc) is 2.04. The van der Waals surface area contributed by atoms with Gasteiger partial charge < -0.3 is 5.73 Å². The molecule has 0 aliphatic carbocycles. The largest absolute Gasteiger partial charge is 0.328 e. The summed E-state index contributed by atoms with van der Waals surface area (Å²) in [6.07, 6.45) is 1.59. The number of nitrogens with one attached hydrogen (secondary N) is 1. The molecule has 4 nitrogen and oxygen atoms in total. The SMILES string of the molecule is CCC(N)CCNS(=O)(=O)CC. The van der Waals surface area contributed by atoms with Gasteiger partial charge in [0.2, 0.25) is 10.0 Å². The predicted molar refractivity (Wildman–Crippen MR) is 50.3 cm³/mol. The van der Waals surface area contributed by atoms with Crippen molar-refractivity contribution in [2.75, 3.05) is 12.3 Å². The normalized spacial score (nSPS) is 14.6. The molecule has 5 heteroatoms. The van der Waals surface area contributed by atoms with E-state index in [0.717, 1.165) is 6.42 Å². The zero-order valence-electron chi connectivity index (χ0n) is 7.71. The molecule has 0 amide bonds. The van der Waals surface area contributed by atoms with Gasteiger partial charge in [0.15, 0.2) is 0 Å². The summed E-state index contributed by atoms with van der Waals surface area (Å²) < 4.78 is 24.3. The molecule has 0 fully saturated rings. The summed E-state index contributed by atoms with van der Waals surface area (Å²) in [5.74, 6) is 0.133. The minimum atomic E-state index is -3.03. The topological polar surface area (TPSA) is 72.2 Å². The van der Waals surface area contributed by atoms with Crippen LogP contribution in [0.15, 0.2) is 0 Å². The van der Waals surface area contributed by atoms with Crippen molar-refractivity contribution in [3.05, 3.63) is 0 Å². The van der Waals surface area contributed by atoms with Crippen molar-refractivity contribution in [1.29, 1.82) is 0 Å². The van der Waals surface area contributed by atoms with Crippen molar-refractivity contribution in [3.63, 3.8) is 0 Å². The number of hydrogen-bond acceptors (Lipinski definition) is 3. The Labute approximate surface area is 74.6 Å². The Balaban J connectivity index is 3.57. The van der Waals surface area contributed by atoms with E-state index in [9.17, 15) is 8.42 Å². The molecule has 0 spiro atoms. The molecule has 0 saturated carbocycles. The lowest BCUT2D eigenvalue weighted by molar-refractivity contribution is 0.559. The molecular formula is C7H18N2O2S. The van der Waals surface area contributed by atoms with Crippen molar-refractivity contribution in [1.82, 2.24) is 4.72 Å². The van der Waals surface area contributed by atoms with Gasteiger partial charge in [0.1, 0.15) is 0 Å². The molecule has 0 bridgehead atoms. The standard InChI is InChI=1S/C7H18N2O2S/c1-3-7(8)5-6-9-12(10,11)4-2/h7,9H,3-6,8H2,1-2H3. The smallest absolute Gasteiger partial charge is 0.211 e. The highest BCUT2D eigenvalue weighted by molar-refractivity contribution is 7.89. The van der Waals surface area contributed by atoms with Crippen molar-refractivity contribution in [3.8, 4) is 0 Å². The quantitative estimate of drug-likeness (QED) is 0.627. The maximum atomic E-state index is 10.9. The predicted octanol–water partition coefficient (Wildman–Crippen LogP) is 0.0531. The first-order valence-corrected chi connectivity index (χ1v) is 5.90. The van der Waals surface area contributed by atoms with E-state index >= 15 is 0 Å². The second kappa shape index (κ2) is 5.50. The zero-order chi connectivity index (χ0) is 9.61. The van der Waals surface area contributed by atoms with Crippen molar-refractivity contribution in [2.45, 2.75) is 32.7 Å². The average molecular weight is 194 g/mol. The van der Waals surface area contributed by atoms with Gasteiger partial charge in [-0.3, -0.25) is 0 Å². The van der Waals surface area contributed by atoms with Gasteiger partial charge in [-0.25, -0.2) is 13.1 Å². The first-order chi connectivity index (χ1) is 5.52. The van der Waals surface area contributed by atoms with Gasteiger partial charge in [-0.1, -0.05) is 6.92 Å². The van der Waals surface area contributed by atoms with Crippen LogP contribution in [0.25, 0.3) is 0 Å². The summed E-state index contributed by atoms with van der Waals surface area (Å²) in [6, 6.07) is 0.101. The molecule has 0 aromatic carbocycles. The molecule has 74 valence electrons. The van der Waals surface area contributed by atoms with Crippen LogP contribution in [0.1, 0.15) is 26.7 Å². The third kappa shape index (κ3) is 5.51. The lowest BCUT2D eigenvalue weighted by atomic mass is 10.2. The molecule has 1 atom stereocenters. The summed E-state index contributed by atoms with van der Waals surface area (Å²) in [5.41, 5.74) is 5.61. The second-order valence-electron chi connectivity index (χ2n) is 2.75. The van der Waals surface area contributed by atoms with Gasteiger partial charge in [-0.05, 0) is 19.8 Å². The van der Waals surface area contributed by atoms with Gasteiger partial charge in [0.25, 0.3) is 0 Å². The molecule has 1 unspecified atom stereocenters. The van der Waals surface area contributed by atoms with Crippen molar-refractivity contribution >= 4 is 10.0 Å². The molecule has 0 rings (SSSR count). The number of nitrogens with two attached hydrogens (primary N) is 1. The van der Waals surface area contributed by atoms with Crippen molar-refractivity contribution in [2.24, 2.45) is 5.73 Å². The molecule has 0 aromatic rings. The molecule has 12 heavy (non-hydrogen) atoms. The fraction of sp³-hybridized carbons (Fsp3) is 1.00. The van der Waals surface area contributed by atoms with E-state index in [-0.39, 0.29) is 11.8 Å². The Kier molecular flexibility index (Phi) is 5.44. The van der Waals surface area contributed by atoms with Crippen molar-refractivity contribution < 1.29 is 8.42 Å². The van der Waals surface area contributed by atoms with Crippen LogP contribution >= 0.6 is 0 Å². The molecule has 0 saturated heterocycles. The summed E-state index contributed by atoms with van der Waals surface area (Å²) >= 11 is 0. The molecule has 0 radical (unpaired) electrons. The van der Waals surface area contributed by atoms with E-state index in [1.54, 1.807) is 6.92 Å². The minimum absolute atomic E-state index is 0.101. The third-order valence-electron chi connectivity index (χ3n) is 1.74. The lowest BCUT2D eigenvalue weighted by Crippen LogP contribution is -2.30. The highest BCUT2D eigenvalue weighted by Gasteiger charge is 2.06. The van der Waals surface area contributed by atoms with Crippen LogP contribution in [-0.2, 0) is 10.0 Å². The van der Waals surface area contributed by atoms with Crippen LogP contribution in [0, 0.1) is 0 Å². The molecule has 0 aliphatic heterocycles. The number of hydrogen-bond donors (Lipinski definition) is 2. The van der Waals surface area contributed by atoms with Gasteiger partial charge in [-0.15, -0.1) is 0 Å². The Morgan fingerprint density at radius 3 is 2.42 bits per heavy atom.